The molecule has 2 bridgehead atoms. The topological polar surface area (TPSA) is 158 Å². The second-order valence-electron chi connectivity index (χ2n) is 18.5. The number of aromatic amines is 2. The Morgan fingerprint density at radius 3 is 1.90 bits per heavy atom. The number of aromatic nitrogens is 4. The molecule has 13 nitrogen and oxygen atoms in total. The van der Waals surface area contributed by atoms with Crippen LogP contribution in [0.3, 0.4) is 0 Å². The molecule has 0 spiro atoms. The summed E-state index contributed by atoms with van der Waals surface area (Å²) in [6.07, 6.45) is 15.6. The fourth-order valence-corrected chi connectivity index (χ4v) is 10.8. The zero-order chi connectivity index (χ0) is 40.6. The molecule has 314 valence electrons. The summed E-state index contributed by atoms with van der Waals surface area (Å²) < 4.78 is 10.4. The fraction of sp³-hybridized carbons (Fsp3) is 0.667. The smallest absolute Gasteiger partial charge is 0.407 e. The molecular weight excluding hydrogens is 733 g/mol. The first-order chi connectivity index (χ1) is 28.0. The molecule has 6 fully saturated rings. The van der Waals surface area contributed by atoms with Crippen molar-refractivity contribution in [2.45, 2.75) is 146 Å². The van der Waals surface area contributed by atoms with E-state index >= 15 is 0 Å². The van der Waals surface area contributed by atoms with Gasteiger partial charge in [0.1, 0.15) is 17.7 Å². The minimum Gasteiger partial charge on any atom is -0.453 e. The molecule has 58 heavy (non-hydrogen) atoms. The Morgan fingerprint density at radius 2 is 1.31 bits per heavy atom. The van der Waals surface area contributed by atoms with E-state index in [-0.39, 0.29) is 52.6 Å². The molecule has 5 heterocycles. The van der Waals surface area contributed by atoms with Crippen molar-refractivity contribution in [2.24, 2.45) is 11.8 Å². The maximum absolute atomic E-state index is 14.0. The van der Waals surface area contributed by atoms with Crippen LogP contribution in [0.4, 0.5) is 4.79 Å². The van der Waals surface area contributed by atoms with Crippen molar-refractivity contribution >= 4 is 17.9 Å². The number of imidazole rings is 2. The summed E-state index contributed by atoms with van der Waals surface area (Å²) in [7, 11) is 1.32. The highest BCUT2D eigenvalue weighted by Gasteiger charge is 2.51. The van der Waals surface area contributed by atoms with Crippen LogP contribution in [0.25, 0.3) is 11.3 Å². The number of rotatable bonds is 12. The molecule has 3 aromatic rings. The van der Waals surface area contributed by atoms with Crippen LogP contribution in [0.15, 0.2) is 36.7 Å². The van der Waals surface area contributed by atoms with Gasteiger partial charge in [-0.2, -0.15) is 0 Å². The number of benzene rings is 1. The van der Waals surface area contributed by atoms with Crippen LogP contribution in [0.5, 0.6) is 0 Å². The zero-order valence-electron chi connectivity index (χ0n) is 35.1. The first-order valence-electron chi connectivity index (χ1n) is 22.0. The monoisotopic (exact) mass is 796 g/mol. The number of carbonyl (C=O) groups is 3. The highest BCUT2D eigenvalue weighted by Crippen LogP contribution is 2.58. The largest absolute Gasteiger partial charge is 0.453 e. The Balaban J connectivity index is 0.901. The first-order valence-corrected chi connectivity index (χ1v) is 22.0. The van der Waals surface area contributed by atoms with E-state index in [1.807, 2.05) is 31.1 Å². The molecule has 4 N–H and O–H groups in total. The van der Waals surface area contributed by atoms with Crippen LogP contribution in [-0.4, -0.2) is 99.2 Å². The van der Waals surface area contributed by atoms with Crippen LogP contribution in [0.1, 0.15) is 140 Å². The lowest BCUT2D eigenvalue weighted by atomic mass is 9.51. The number of methoxy groups -OCH3 is 1. The standard InChI is InChI=1S/C45H64N8O5/c1-28(2)37(48-32-14-24-58-25-15-32)41(54)52-22-6-8-34(52)39-46-26-33(49-39)30-10-12-31(13-11-30)44-16-19-45(20-17-44,21-18-44)36-27-47-40(50-36)35-9-7-23-53(35)42(55)38(29(3)4)51-43(56)57-5/h10-13,26-29,32,34-35,37-38,48H,6-9,14-25H2,1-5H3,(H,46,49)(H,47,50)(H,51,56)/t34-,35-,37-,38-,44?,45?/m0/s1. The van der Waals surface area contributed by atoms with E-state index in [2.05, 4.69) is 63.6 Å². The number of ether oxygens (including phenoxy) is 2. The molecule has 3 amide bonds. The summed E-state index contributed by atoms with van der Waals surface area (Å²) >= 11 is 0. The molecule has 9 rings (SSSR count). The van der Waals surface area contributed by atoms with Crippen molar-refractivity contribution in [3.8, 4) is 11.3 Å². The lowest BCUT2D eigenvalue weighted by Crippen LogP contribution is -2.53. The van der Waals surface area contributed by atoms with E-state index in [1.165, 1.54) is 18.4 Å². The van der Waals surface area contributed by atoms with Gasteiger partial charge in [-0.3, -0.25) is 9.59 Å². The van der Waals surface area contributed by atoms with Gasteiger partial charge in [-0.05, 0) is 105 Å². The Bertz CT molecular complexity index is 1890. The molecule has 13 heteroatoms. The van der Waals surface area contributed by atoms with E-state index in [0.717, 1.165) is 120 Å². The van der Waals surface area contributed by atoms with Gasteiger partial charge in [0.25, 0.3) is 0 Å². The van der Waals surface area contributed by atoms with Gasteiger partial charge in [-0.15, -0.1) is 0 Å². The molecule has 3 saturated carbocycles. The predicted octanol–water partition coefficient (Wildman–Crippen LogP) is 6.84. The quantitative estimate of drug-likeness (QED) is 0.155. The first kappa shape index (κ1) is 40.5. The fourth-order valence-electron chi connectivity index (χ4n) is 10.8. The average Bonchev–Trinajstić information content (AvgIpc) is 4.09. The van der Waals surface area contributed by atoms with Crippen LogP contribution in [0, 0.1) is 11.8 Å². The Morgan fingerprint density at radius 1 is 0.759 bits per heavy atom. The second kappa shape index (κ2) is 16.8. The van der Waals surface area contributed by atoms with Crippen molar-refractivity contribution in [3.63, 3.8) is 0 Å². The number of H-pyrrole nitrogens is 2. The number of amides is 3. The number of fused-ring (bicyclic) bond motifs is 3. The lowest BCUT2D eigenvalue weighted by molar-refractivity contribution is -0.136. The molecule has 6 aliphatic rings. The van der Waals surface area contributed by atoms with Crippen LogP contribution in [0.2, 0.25) is 0 Å². The third-order valence-corrected chi connectivity index (χ3v) is 14.5. The Labute approximate surface area is 343 Å². The summed E-state index contributed by atoms with van der Waals surface area (Å²) in [6, 6.07) is 8.41. The van der Waals surface area contributed by atoms with Gasteiger partial charge in [0.05, 0.1) is 37.1 Å². The van der Waals surface area contributed by atoms with Crippen molar-refractivity contribution < 1.29 is 23.9 Å². The highest BCUT2D eigenvalue weighted by atomic mass is 16.5. The Kier molecular flexibility index (Phi) is 11.7. The molecule has 3 aliphatic heterocycles. The molecule has 4 atom stereocenters. The molecule has 1 aromatic carbocycles. The molecule has 0 radical (unpaired) electrons. The number of nitrogens with zero attached hydrogens (tertiary/aromatic N) is 4. The molecule has 2 aromatic heterocycles. The number of likely N-dealkylation sites (tertiary alicyclic amines) is 2. The van der Waals surface area contributed by atoms with Crippen molar-refractivity contribution in [2.75, 3.05) is 33.4 Å². The maximum atomic E-state index is 14.0. The number of hydrogen-bond donors (Lipinski definition) is 4. The molecule has 3 saturated heterocycles. The van der Waals surface area contributed by atoms with Crippen LogP contribution < -0.4 is 10.6 Å². The minimum absolute atomic E-state index is 0.0417. The van der Waals surface area contributed by atoms with E-state index in [4.69, 9.17) is 19.4 Å². The van der Waals surface area contributed by atoms with Crippen molar-refractivity contribution in [1.82, 2.24) is 40.4 Å². The minimum atomic E-state index is -0.648. The van der Waals surface area contributed by atoms with Crippen molar-refractivity contribution in [3.05, 3.63) is 59.6 Å². The molecule has 0 unspecified atom stereocenters. The van der Waals surface area contributed by atoms with Crippen LogP contribution in [-0.2, 0) is 29.9 Å². The van der Waals surface area contributed by atoms with Gasteiger partial charge in [-0.1, -0.05) is 52.0 Å². The number of carbonyl (C=O) groups excluding carboxylic acids is 3. The number of hydrogen-bond acceptors (Lipinski definition) is 8. The molecule has 3 aliphatic carbocycles. The third kappa shape index (κ3) is 7.80. The summed E-state index contributed by atoms with van der Waals surface area (Å²) in [4.78, 5) is 60.8. The second-order valence-corrected chi connectivity index (χ2v) is 18.5. The number of alkyl carbamates (subject to hydrolysis) is 1. The van der Waals surface area contributed by atoms with E-state index in [9.17, 15) is 14.4 Å². The normalized spacial score (nSPS) is 27.4. The summed E-state index contributed by atoms with van der Waals surface area (Å²) in [5.74, 6) is 1.95. The van der Waals surface area contributed by atoms with E-state index in [1.54, 1.807) is 0 Å². The summed E-state index contributed by atoms with van der Waals surface area (Å²) in [5, 5.41) is 6.43. The third-order valence-electron chi connectivity index (χ3n) is 14.5. The van der Waals surface area contributed by atoms with Gasteiger partial charge >= 0.3 is 6.09 Å². The SMILES string of the molecule is COC(=O)N[C@H](C(=O)N1CCC[C@H]1c1ncc(C23CCC(c4ccc(-c5cnc([C@@H]6CCCN6C(=O)[C@@H](NC6CCOCC6)C(C)C)[nH]5)cc4)(CC2)CC3)[nH]1)C(C)C. The van der Waals surface area contributed by atoms with E-state index < -0.39 is 12.1 Å². The lowest BCUT2D eigenvalue weighted by Gasteiger charge is -2.53. The summed E-state index contributed by atoms with van der Waals surface area (Å²) in [5.41, 5.74) is 4.96. The predicted molar refractivity (Wildman–Crippen MR) is 221 cm³/mol. The average molecular weight is 797 g/mol. The van der Waals surface area contributed by atoms with Gasteiger partial charge < -0.3 is 39.9 Å². The van der Waals surface area contributed by atoms with Gasteiger partial charge in [0.15, 0.2) is 0 Å². The Hall–Kier alpha value is -4.23. The maximum Gasteiger partial charge on any atom is 0.407 e. The highest BCUT2D eigenvalue weighted by molar-refractivity contribution is 5.86. The van der Waals surface area contributed by atoms with Crippen molar-refractivity contribution in [1.29, 1.82) is 0 Å². The van der Waals surface area contributed by atoms with E-state index in [0.29, 0.717) is 12.6 Å². The van der Waals surface area contributed by atoms with Gasteiger partial charge in [0, 0.05) is 49.7 Å². The number of nitrogens with one attached hydrogen (secondary N) is 4. The molecular formula is C45H64N8O5. The van der Waals surface area contributed by atoms with Gasteiger partial charge in [0.2, 0.25) is 11.8 Å². The van der Waals surface area contributed by atoms with Crippen LogP contribution >= 0.6 is 0 Å². The summed E-state index contributed by atoms with van der Waals surface area (Å²) in [6.45, 7) is 11.1. The zero-order valence-corrected chi connectivity index (χ0v) is 35.1. The van der Waals surface area contributed by atoms with Gasteiger partial charge in [-0.25, -0.2) is 14.8 Å².